The van der Waals surface area contributed by atoms with Crippen LogP contribution in [0.25, 0.3) is 22.3 Å². The van der Waals surface area contributed by atoms with Crippen LogP contribution in [0.2, 0.25) is 0 Å². The summed E-state index contributed by atoms with van der Waals surface area (Å²) in [5.74, 6) is 1.98. The molecular formula is C56H46O. The second-order valence-corrected chi connectivity index (χ2v) is 16.6. The molecule has 1 heterocycles. The lowest BCUT2D eigenvalue weighted by Gasteiger charge is -2.42. The SMILES string of the molecule is Cc1ccc2c(c1)Oc1cc(C)ccc1C2(c1ccccc1)c1ccc(C(Cc2ccc(-c3ccccc3)cc2)c2ccc3c(c2)-c2ccccc2C3(C)C)cc1. The summed E-state index contributed by atoms with van der Waals surface area (Å²) in [5, 5.41) is 0. The number of rotatable bonds is 7. The third kappa shape index (κ3) is 5.76. The van der Waals surface area contributed by atoms with Gasteiger partial charge < -0.3 is 4.74 Å². The molecular weight excluding hydrogens is 689 g/mol. The third-order valence-electron chi connectivity index (χ3n) is 12.8. The van der Waals surface area contributed by atoms with E-state index in [1.165, 1.54) is 83.5 Å². The molecule has 8 aromatic carbocycles. The van der Waals surface area contributed by atoms with Crippen LogP contribution < -0.4 is 4.74 Å². The summed E-state index contributed by atoms with van der Waals surface area (Å²) in [5.41, 5.74) is 18.5. The lowest BCUT2D eigenvalue weighted by Crippen LogP contribution is -2.34. The molecule has 1 heteroatoms. The van der Waals surface area contributed by atoms with Crippen molar-refractivity contribution in [2.24, 2.45) is 0 Å². The van der Waals surface area contributed by atoms with Gasteiger partial charge >= 0.3 is 0 Å². The van der Waals surface area contributed by atoms with Crippen molar-refractivity contribution < 1.29 is 4.74 Å². The van der Waals surface area contributed by atoms with Gasteiger partial charge in [0.15, 0.2) is 0 Å². The summed E-state index contributed by atoms with van der Waals surface area (Å²) in [6, 6.07) is 70.0. The number of aryl methyl sites for hydroxylation is 2. The fourth-order valence-electron chi connectivity index (χ4n) is 9.84. The van der Waals surface area contributed by atoms with Crippen molar-refractivity contribution in [1.29, 1.82) is 0 Å². The van der Waals surface area contributed by atoms with Crippen LogP contribution in [0.3, 0.4) is 0 Å². The van der Waals surface area contributed by atoms with E-state index in [0.717, 1.165) is 17.9 Å². The van der Waals surface area contributed by atoms with Gasteiger partial charge in [0, 0.05) is 22.5 Å². The van der Waals surface area contributed by atoms with Crippen molar-refractivity contribution in [3.63, 3.8) is 0 Å². The molecule has 1 atom stereocenters. The van der Waals surface area contributed by atoms with Gasteiger partial charge in [-0.3, -0.25) is 0 Å². The largest absolute Gasteiger partial charge is 0.457 e. The van der Waals surface area contributed by atoms with E-state index >= 15 is 0 Å². The highest BCUT2D eigenvalue weighted by Gasteiger charge is 2.45. The van der Waals surface area contributed by atoms with Crippen molar-refractivity contribution in [3.05, 3.63) is 249 Å². The molecule has 1 aliphatic heterocycles. The van der Waals surface area contributed by atoms with E-state index in [4.69, 9.17) is 4.74 Å². The molecule has 0 bridgehead atoms. The Bertz CT molecular complexity index is 2700. The predicted molar refractivity (Wildman–Crippen MR) is 236 cm³/mol. The molecule has 1 aliphatic carbocycles. The van der Waals surface area contributed by atoms with Gasteiger partial charge in [-0.15, -0.1) is 0 Å². The average molecular weight is 735 g/mol. The van der Waals surface area contributed by atoms with Crippen LogP contribution in [0.5, 0.6) is 11.5 Å². The maximum atomic E-state index is 6.74. The van der Waals surface area contributed by atoms with Gasteiger partial charge in [0.05, 0.1) is 5.41 Å². The second kappa shape index (κ2) is 13.6. The second-order valence-electron chi connectivity index (χ2n) is 16.6. The topological polar surface area (TPSA) is 9.23 Å². The first-order valence-electron chi connectivity index (χ1n) is 20.3. The van der Waals surface area contributed by atoms with Crippen molar-refractivity contribution in [2.45, 2.75) is 50.9 Å². The lowest BCUT2D eigenvalue weighted by molar-refractivity contribution is 0.433. The first kappa shape index (κ1) is 35.0. The summed E-state index contributed by atoms with van der Waals surface area (Å²) >= 11 is 0. The summed E-state index contributed by atoms with van der Waals surface area (Å²) in [4.78, 5) is 0. The molecule has 0 fully saturated rings. The Morgan fingerprint density at radius 2 is 0.965 bits per heavy atom. The molecule has 276 valence electrons. The van der Waals surface area contributed by atoms with Gasteiger partial charge in [0.1, 0.15) is 11.5 Å². The van der Waals surface area contributed by atoms with Crippen LogP contribution in [-0.2, 0) is 17.3 Å². The van der Waals surface area contributed by atoms with Crippen molar-refractivity contribution in [3.8, 4) is 33.8 Å². The number of fused-ring (bicyclic) bond motifs is 5. The molecule has 0 saturated heterocycles. The van der Waals surface area contributed by atoms with Gasteiger partial charge in [-0.2, -0.15) is 0 Å². The van der Waals surface area contributed by atoms with Gasteiger partial charge in [-0.05, 0) is 105 Å². The van der Waals surface area contributed by atoms with Gasteiger partial charge in [0.2, 0.25) is 0 Å². The minimum atomic E-state index is -0.560. The third-order valence-corrected chi connectivity index (χ3v) is 12.8. The fraction of sp³-hybridized carbons (Fsp3) is 0.143. The Kier molecular flexibility index (Phi) is 8.38. The van der Waals surface area contributed by atoms with E-state index in [1.54, 1.807) is 0 Å². The molecule has 2 aliphatic rings. The Morgan fingerprint density at radius 1 is 0.439 bits per heavy atom. The highest BCUT2D eigenvalue weighted by Crippen LogP contribution is 2.56. The van der Waals surface area contributed by atoms with Crippen molar-refractivity contribution in [2.75, 3.05) is 0 Å². The van der Waals surface area contributed by atoms with Gasteiger partial charge in [-0.25, -0.2) is 0 Å². The minimum Gasteiger partial charge on any atom is -0.457 e. The quantitative estimate of drug-likeness (QED) is 0.158. The molecule has 57 heavy (non-hydrogen) atoms. The van der Waals surface area contributed by atoms with E-state index in [0.29, 0.717) is 0 Å². The number of benzene rings is 8. The molecule has 0 aromatic heterocycles. The van der Waals surface area contributed by atoms with Crippen LogP contribution in [0.1, 0.15) is 81.0 Å². The van der Waals surface area contributed by atoms with E-state index < -0.39 is 5.41 Å². The maximum absolute atomic E-state index is 6.74. The highest BCUT2D eigenvalue weighted by atomic mass is 16.5. The molecule has 0 N–H and O–H groups in total. The molecule has 8 aromatic rings. The Labute approximate surface area is 337 Å². The van der Waals surface area contributed by atoms with Crippen LogP contribution in [-0.4, -0.2) is 0 Å². The van der Waals surface area contributed by atoms with E-state index in [-0.39, 0.29) is 11.3 Å². The van der Waals surface area contributed by atoms with E-state index in [1.807, 2.05) is 0 Å². The molecule has 1 unspecified atom stereocenters. The molecule has 0 amide bonds. The highest BCUT2D eigenvalue weighted by molar-refractivity contribution is 5.81. The predicted octanol–water partition coefficient (Wildman–Crippen LogP) is 14.1. The number of hydrogen-bond donors (Lipinski definition) is 0. The summed E-state index contributed by atoms with van der Waals surface area (Å²) in [6.07, 6.45) is 0.889. The van der Waals surface area contributed by atoms with Gasteiger partial charge in [-0.1, -0.05) is 190 Å². The lowest BCUT2D eigenvalue weighted by atomic mass is 9.63. The molecule has 1 nitrogen and oxygen atoms in total. The van der Waals surface area contributed by atoms with Gasteiger partial charge in [0.25, 0.3) is 0 Å². The van der Waals surface area contributed by atoms with Crippen LogP contribution >= 0.6 is 0 Å². The molecule has 10 rings (SSSR count). The first-order chi connectivity index (χ1) is 27.8. The maximum Gasteiger partial charge on any atom is 0.132 e. The summed E-state index contributed by atoms with van der Waals surface area (Å²) < 4.78 is 6.74. The standard InChI is InChI=1S/C56H46O/c1-37-19-30-51-53(33-37)57-54-34-38(2)20-31-52(54)56(51,44-15-9-6-10-16-44)45-28-25-42(26-29-45)47(35-39-21-23-41(24-22-39)40-13-7-5-8-14-40)43-27-32-50-48(36-43)46-17-11-12-18-49(46)55(50,3)4/h5-34,36,47H,35H2,1-4H3. The average Bonchev–Trinajstić information content (AvgIpc) is 3.48. The smallest absolute Gasteiger partial charge is 0.132 e. The zero-order valence-corrected chi connectivity index (χ0v) is 33.1. The Hall–Kier alpha value is -6.44. The summed E-state index contributed by atoms with van der Waals surface area (Å²) in [6.45, 7) is 9.00. The molecule has 0 saturated carbocycles. The molecule has 0 spiro atoms. The van der Waals surface area contributed by atoms with Crippen molar-refractivity contribution in [1.82, 2.24) is 0 Å². The van der Waals surface area contributed by atoms with Crippen LogP contribution in [0, 0.1) is 13.8 Å². The normalized spacial score (nSPS) is 14.7. The number of hydrogen-bond acceptors (Lipinski definition) is 1. The monoisotopic (exact) mass is 734 g/mol. The van der Waals surface area contributed by atoms with E-state index in [9.17, 15) is 0 Å². The summed E-state index contributed by atoms with van der Waals surface area (Å²) in [7, 11) is 0. The zero-order chi connectivity index (χ0) is 38.7. The van der Waals surface area contributed by atoms with Crippen LogP contribution in [0.4, 0.5) is 0 Å². The number of ether oxygens (including phenoxy) is 1. The Balaban J connectivity index is 1.13. The Morgan fingerprint density at radius 3 is 1.63 bits per heavy atom. The minimum absolute atomic E-state index is 0.0337. The van der Waals surface area contributed by atoms with Crippen LogP contribution in [0.15, 0.2) is 188 Å². The fourth-order valence-corrected chi connectivity index (χ4v) is 9.84. The zero-order valence-electron chi connectivity index (χ0n) is 33.1. The molecule has 0 radical (unpaired) electrons. The van der Waals surface area contributed by atoms with E-state index in [2.05, 4.69) is 216 Å². The van der Waals surface area contributed by atoms with Crippen molar-refractivity contribution >= 4 is 0 Å². The first-order valence-corrected chi connectivity index (χ1v) is 20.3.